The van der Waals surface area contributed by atoms with E-state index >= 15 is 0 Å². The Morgan fingerprint density at radius 2 is 1.12 bits per heavy atom. The average molecular weight is 999 g/mol. The standard InChI is InChI=1S/C62H64F2N4O6/c1-4-38-25-43-30-49(31-44(43)26-39(38)5-2)66-34-58(51-15-19-57(62-53(51)17-21-60(71)68-62)74-36-42-11-7-8-13-54(42)64)72-23-22-41-28-46-32-48(29-45(46)27-40(41)6-3)65-33-55(69)50-14-18-56(61-52(50)16-20-59(70)67-61)73-35-37-10-9-12-47(63)24-37/h7-21,24-28,48-49,55,58,65-66,69H,4-6,22-23,29-36H2,1-3H3,(H,67,70)(H,68,71)/t48?,55-,58-/m0/s1. The minimum Gasteiger partial charge on any atom is -0.487 e. The van der Waals surface area contributed by atoms with Crippen LogP contribution in [-0.4, -0.2) is 46.9 Å². The van der Waals surface area contributed by atoms with Crippen molar-refractivity contribution in [3.8, 4) is 11.5 Å². The summed E-state index contributed by atoms with van der Waals surface area (Å²) in [6.45, 7) is 8.08. The maximum atomic E-state index is 14.6. The Hall–Kier alpha value is -6.96. The third-order valence-corrected chi connectivity index (χ3v) is 15.0. The van der Waals surface area contributed by atoms with E-state index in [1.807, 2.05) is 24.3 Å². The molecule has 0 spiro atoms. The van der Waals surface area contributed by atoms with Gasteiger partial charge in [-0.2, -0.15) is 0 Å². The van der Waals surface area contributed by atoms with Gasteiger partial charge in [0, 0.05) is 53.6 Å². The molecule has 12 heteroatoms. The van der Waals surface area contributed by atoms with Gasteiger partial charge in [-0.05, 0) is 155 Å². The van der Waals surface area contributed by atoms with Gasteiger partial charge in [-0.25, -0.2) is 8.78 Å². The van der Waals surface area contributed by atoms with Crippen LogP contribution in [0.4, 0.5) is 8.78 Å². The van der Waals surface area contributed by atoms with Crippen LogP contribution < -0.4 is 31.2 Å². The molecule has 8 aromatic rings. The molecule has 5 N–H and O–H groups in total. The lowest BCUT2D eigenvalue weighted by molar-refractivity contribution is 0.0537. The summed E-state index contributed by atoms with van der Waals surface area (Å²) in [5, 5.41) is 20.6. The van der Waals surface area contributed by atoms with E-state index in [-0.39, 0.29) is 54.2 Å². The number of rotatable bonds is 21. The number of aliphatic hydroxyl groups is 1. The molecule has 74 heavy (non-hydrogen) atoms. The Bertz CT molecular complexity index is 3410. The van der Waals surface area contributed by atoms with E-state index in [9.17, 15) is 23.5 Å². The van der Waals surface area contributed by atoms with Gasteiger partial charge < -0.3 is 39.9 Å². The molecule has 6 aromatic carbocycles. The maximum absolute atomic E-state index is 14.6. The lowest BCUT2D eigenvalue weighted by atomic mass is 9.96. The number of nitrogens with one attached hydrogen (secondary N) is 4. The van der Waals surface area contributed by atoms with Crippen LogP contribution in [0.5, 0.6) is 11.5 Å². The van der Waals surface area contributed by atoms with Crippen molar-refractivity contribution in [1.82, 2.24) is 20.6 Å². The van der Waals surface area contributed by atoms with Gasteiger partial charge in [-0.15, -0.1) is 0 Å². The monoisotopic (exact) mass is 998 g/mol. The largest absolute Gasteiger partial charge is 0.487 e. The van der Waals surface area contributed by atoms with E-state index in [1.54, 1.807) is 42.5 Å². The molecule has 1 unspecified atom stereocenters. The van der Waals surface area contributed by atoms with Crippen molar-refractivity contribution >= 4 is 21.8 Å². The number of aromatic amines is 2. The smallest absolute Gasteiger partial charge is 0.248 e. The van der Waals surface area contributed by atoms with Gasteiger partial charge in [0.1, 0.15) is 36.3 Å². The molecule has 10 rings (SSSR count). The van der Waals surface area contributed by atoms with Crippen molar-refractivity contribution in [2.75, 3.05) is 19.7 Å². The highest BCUT2D eigenvalue weighted by Gasteiger charge is 2.27. The molecule has 0 bridgehead atoms. The van der Waals surface area contributed by atoms with E-state index in [0.29, 0.717) is 70.7 Å². The van der Waals surface area contributed by atoms with E-state index in [4.69, 9.17) is 14.2 Å². The van der Waals surface area contributed by atoms with Crippen molar-refractivity contribution < 1.29 is 28.1 Å². The van der Waals surface area contributed by atoms with Crippen LogP contribution in [0.1, 0.15) is 99.7 Å². The molecule has 2 aliphatic rings. The number of ether oxygens (including phenoxy) is 3. The fraction of sp³-hybridized carbons (Fsp3) is 0.323. The van der Waals surface area contributed by atoms with Crippen LogP contribution in [0.25, 0.3) is 21.8 Å². The molecule has 2 heterocycles. The number of aromatic nitrogens is 2. The summed E-state index contributed by atoms with van der Waals surface area (Å²) in [6, 6.07) is 36.5. The minimum atomic E-state index is -0.863. The number of benzene rings is 6. The zero-order chi connectivity index (χ0) is 51.3. The summed E-state index contributed by atoms with van der Waals surface area (Å²) < 4.78 is 47.7. The lowest BCUT2D eigenvalue weighted by Crippen LogP contribution is -2.34. The number of fused-ring (bicyclic) bond motifs is 4. The van der Waals surface area contributed by atoms with E-state index in [0.717, 1.165) is 55.9 Å². The van der Waals surface area contributed by atoms with E-state index in [2.05, 4.69) is 65.6 Å². The molecule has 382 valence electrons. The molecule has 0 amide bonds. The highest BCUT2D eigenvalue weighted by Crippen LogP contribution is 2.35. The highest BCUT2D eigenvalue weighted by molar-refractivity contribution is 5.88. The second-order valence-electron chi connectivity index (χ2n) is 19.8. The Morgan fingerprint density at radius 3 is 1.72 bits per heavy atom. The van der Waals surface area contributed by atoms with Gasteiger partial charge in [-0.1, -0.05) is 87.5 Å². The van der Waals surface area contributed by atoms with Gasteiger partial charge in [-0.3, -0.25) is 9.59 Å². The molecule has 0 aliphatic heterocycles. The molecule has 0 saturated carbocycles. The van der Waals surface area contributed by atoms with Crippen LogP contribution in [0.15, 0.2) is 131 Å². The first kappa shape index (κ1) is 50.6. The number of halogens is 2. The normalized spacial score (nSPS) is 15.1. The summed E-state index contributed by atoms with van der Waals surface area (Å²) in [6.07, 6.45) is 5.91. The molecule has 0 saturated heterocycles. The molecule has 0 fully saturated rings. The molecular weight excluding hydrogens is 935 g/mol. The van der Waals surface area contributed by atoms with Crippen molar-refractivity contribution in [3.63, 3.8) is 0 Å². The van der Waals surface area contributed by atoms with Crippen LogP contribution in [0, 0.1) is 11.6 Å². The first-order chi connectivity index (χ1) is 36.0. The third-order valence-electron chi connectivity index (χ3n) is 15.0. The van der Waals surface area contributed by atoms with Gasteiger partial charge >= 0.3 is 0 Å². The predicted molar refractivity (Wildman–Crippen MR) is 287 cm³/mol. The number of hydrogen-bond acceptors (Lipinski definition) is 8. The first-order valence-corrected chi connectivity index (χ1v) is 26.1. The summed E-state index contributed by atoms with van der Waals surface area (Å²) in [4.78, 5) is 31.2. The quantitative estimate of drug-likeness (QED) is 0.0480. The van der Waals surface area contributed by atoms with Crippen LogP contribution in [0.2, 0.25) is 0 Å². The van der Waals surface area contributed by atoms with E-state index < -0.39 is 6.10 Å². The molecule has 0 radical (unpaired) electrons. The number of aliphatic hydroxyl groups excluding tert-OH is 1. The Balaban J connectivity index is 0.831. The SMILES string of the molecule is CCc1cc2c(cc1CC)CC(NC[C@H](OCCc1cc3c(cc1CC)CC(NC[C@H](O)c1ccc(OCc4cccc(F)c4)c4[nH]c(=O)ccc14)C3)c1ccc(OCc3ccccc3F)c3[nH]c(=O)ccc13)C2. The topological polar surface area (TPSA) is 138 Å². The first-order valence-electron chi connectivity index (χ1n) is 26.1. The molecule has 3 atom stereocenters. The maximum Gasteiger partial charge on any atom is 0.248 e. The van der Waals surface area contributed by atoms with Crippen molar-refractivity contribution in [3.05, 3.63) is 220 Å². The number of hydrogen-bond donors (Lipinski definition) is 5. The fourth-order valence-corrected chi connectivity index (χ4v) is 11.2. The third kappa shape index (κ3) is 11.2. The number of aryl methyl sites for hydroxylation is 3. The highest BCUT2D eigenvalue weighted by atomic mass is 19.1. The van der Waals surface area contributed by atoms with Crippen molar-refractivity contribution in [2.24, 2.45) is 0 Å². The molecular formula is C62H64F2N4O6. The fourth-order valence-electron chi connectivity index (χ4n) is 11.2. The van der Waals surface area contributed by atoms with Gasteiger partial charge in [0.25, 0.3) is 0 Å². The molecule has 2 aromatic heterocycles. The van der Waals surface area contributed by atoms with Crippen LogP contribution >= 0.6 is 0 Å². The molecule has 10 nitrogen and oxygen atoms in total. The van der Waals surface area contributed by atoms with E-state index in [1.165, 1.54) is 74.8 Å². The predicted octanol–water partition coefficient (Wildman–Crippen LogP) is 10.3. The summed E-state index contributed by atoms with van der Waals surface area (Å²) in [7, 11) is 0. The van der Waals surface area contributed by atoms with Crippen LogP contribution in [0.3, 0.4) is 0 Å². The number of H-pyrrole nitrogens is 2. The minimum absolute atomic E-state index is 0.00877. The van der Waals surface area contributed by atoms with Gasteiger partial charge in [0.2, 0.25) is 11.1 Å². The van der Waals surface area contributed by atoms with Crippen molar-refractivity contribution in [2.45, 2.75) is 110 Å². The Labute approximate surface area is 430 Å². The van der Waals surface area contributed by atoms with Gasteiger partial charge in [0.05, 0.1) is 29.8 Å². The zero-order valence-corrected chi connectivity index (χ0v) is 42.3. The second kappa shape index (κ2) is 22.7. The Kier molecular flexibility index (Phi) is 15.5. The molecule has 2 aliphatic carbocycles. The Morgan fingerprint density at radius 1 is 0.581 bits per heavy atom. The second-order valence-corrected chi connectivity index (χ2v) is 19.8. The number of pyridine rings is 2. The summed E-state index contributed by atoms with van der Waals surface area (Å²) in [5.74, 6) is 0.192. The summed E-state index contributed by atoms with van der Waals surface area (Å²) in [5.41, 5.74) is 13.9. The van der Waals surface area contributed by atoms with Crippen LogP contribution in [-0.2, 0) is 69.3 Å². The lowest BCUT2D eigenvalue weighted by Gasteiger charge is -2.24. The zero-order valence-electron chi connectivity index (χ0n) is 42.3. The average Bonchev–Trinajstić information content (AvgIpc) is 4.02. The summed E-state index contributed by atoms with van der Waals surface area (Å²) >= 11 is 0. The van der Waals surface area contributed by atoms with Crippen molar-refractivity contribution in [1.29, 1.82) is 0 Å². The van der Waals surface area contributed by atoms with Gasteiger partial charge in [0.15, 0.2) is 0 Å².